The molecule has 0 spiro atoms. The third-order valence-corrected chi connectivity index (χ3v) is 2.78. The van der Waals surface area contributed by atoms with Crippen LogP contribution in [0.2, 0.25) is 0 Å². The third kappa shape index (κ3) is 3.07. The van der Waals surface area contributed by atoms with E-state index in [1.165, 1.54) is 7.11 Å². The number of benzene rings is 1. The molecule has 0 aliphatic rings. The van der Waals surface area contributed by atoms with Crippen LogP contribution in [0.1, 0.15) is 10.4 Å². The Morgan fingerprint density at radius 2 is 2.17 bits per heavy atom. The van der Waals surface area contributed by atoms with Gasteiger partial charge in [-0.1, -0.05) is 22.0 Å². The van der Waals surface area contributed by atoms with Gasteiger partial charge < -0.3 is 10.1 Å². The van der Waals surface area contributed by atoms with Crippen molar-refractivity contribution < 1.29 is 9.53 Å². The Morgan fingerprint density at radius 3 is 2.89 bits per heavy atom. The van der Waals surface area contributed by atoms with E-state index in [2.05, 4.69) is 26.2 Å². The highest BCUT2D eigenvalue weighted by molar-refractivity contribution is 9.10. The SMILES string of the molecule is COc1cc(NC(=O)c2cccc(Br)c2)ccn1. The van der Waals surface area contributed by atoms with Gasteiger partial charge in [-0.25, -0.2) is 4.98 Å². The van der Waals surface area contributed by atoms with E-state index in [0.717, 1.165) is 4.47 Å². The zero-order valence-corrected chi connectivity index (χ0v) is 11.3. The van der Waals surface area contributed by atoms with E-state index in [4.69, 9.17) is 4.74 Å². The van der Waals surface area contributed by atoms with Crippen LogP contribution in [0.5, 0.6) is 5.88 Å². The number of anilines is 1. The first-order valence-corrected chi connectivity index (χ1v) is 6.05. The number of nitrogens with zero attached hydrogens (tertiary/aromatic N) is 1. The summed E-state index contributed by atoms with van der Waals surface area (Å²) >= 11 is 3.33. The predicted octanol–water partition coefficient (Wildman–Crippen LogP) is 3.11. The molecule has 0 atom stereocenters. The summed E-state index contributed by atoms with van der Waals surface area (Å²) in [6.45, 7) is 0. The van der Waals surface area contributed by atoms with Crippen LogP contribution < -0.4 is 10.1 Å². The first-order chi connectivity index (χ1) is 8.69. The predicted molar refractivity (Wildman–Crippen MR) is 72.9 cm³/mol. The number of hydrogen-bond acceptors (Lipinski definition) is 3. The molecule has 1 heterocycles. The van der Waals surface area contributed by atoms with Crippen molar-refractivity contribution in [2.24, 2.45) is 0 Å². The van der Waals surface area contributed by atoms with Crippen molar-refractivity contribution in [3.63, 3.8) is 0 Å². The van der Waals surface area contributed by atoms with Gasteiger partial charge in [0, 0.05) is 28.0 Å². The van der Waals surface area contributed by atoms with Crippen molar-refractivity contribution in [2.75, 3.05) is 12.4 Å². The zero-order chi connectivity index (χ0) is 13.0. The molecule has 0 saturated heterocycles. The summed E-state index contributed by atoms with van der Waals surface area (Å²) in [4.78, 5) is 15.9. The molecule has 2 aromatic rings. The summed E-state index contributed by atoms with van der Waals surface area (Å²) in [5.74, 6) is 0.284. The maximum absolute atomic E-state index is 12.0. The largest absolute Gasteiger partial charge is 0.481 e. The minimum absolute atomic E-state index is 0.176. The monoisotopic (exact) mass is 306 g/mol. The number of aromatic nitrogens is 1. The Bertz CT molecular complexity index is 572. The maximum Gasteiger partial charge on any atom is 0.255 e. The van der Waals surface area contributed by atoms with E-state index >= 15 is 0 Å². The number of amides is 1. The first kappa shape index (κ1) is 12.6. The zero-order valence-electron chi connectivity index (χ0n) is 9.68. The van der Waals surface area contributed by atoms with Crippen LogP contribution >= 0.6 is 15.9 Å². The molecule has 5 heteroatoms. The van der Waals surface area contributed by atoms with E-state index < -0.39 is 0 Å². The Labute approximate surface area is 113 Å². The smallest absolute Gasteiger partial charge is 0.255 e. The first-order valence-electron chi connectivity index (χ1n) is 5.26. The second kappa shape index (κ2) is 5.64. The quantitative estimate of drug-likeness (QED) is 0.948. The molecule has 2 rings (SSSR count). The second-order valence-corrected chi connectivity index (χ2v) is 4.47. The second-order valence-electron chi connectivity index (χ2n) is 3.55. The molecule has 0 radical (unpaired) electrons. The summed E-state index contributed by atoms with van der Waals surface area (Å²) in [6.07, 6.45) is 1.58. The highest BCUT2D eigenvalue weighted by atomic mass is 79.9. The molecule has 0 bridgehead atoms. The molecule has 18 heavy (non-hydrogen) atoms. The number of hydrogen-bond donors (Lipinski definition) is 1. The Kier molecular flexibility index (Phi) is 3.94. The van der Waals surface area contributed by atoms with Crippen LogP contribution in [-0.4, -0.2) is 18.0 Å². The van der Waals surface area contributed by atoms with E-state index in [-0.39, 0.29) is 5.91 Å². The third-order valence-electron chi connectivity index (χ3n) is 2.29. The fourth-order valence-electron chi connectivity index (χ4n) is 1.43. The molecule has 0 aliphatic heterocycles. The van der Waals surface area contributed by atoms with Gasteiger partial charge in [-0.05, 0) is 24.3 Å². The fraction of sp³-hybridized carbons (Fsp3) is 0.0769. The lowest BCUT2D eigenvalue weighted by atomic mass is 10.2. The Hall–Kier alpha value is -1.88. The summed E-state index contributed by atoms with van der Waals surface area (Å²) in [5, 5.41) is 2.78. The number of pyridine rings is 1. The summed E-state index contributed by atoms with van der Waals surface area (Å²) in [7, 11) is 1.53. The number of halogens is 1. The molecule has 0 saturated carbocycles. The molecule has 1 aromatic heterocycles. The van der Waals surface area contributed by atoms with Gasteiger partial charge in [-0.15, -0.1) is 0 Å². The van der Waals surface area contributed by atoms with Gasteiger partial charge in [0.1, 0.15) is 0 Å². The summed E-state index contributed by atoms with van der Waals surface area (Å²) < 4.78 is 5.85. The Balaban J connectivity index is 2.16. The van der Waals surface area contributed by atoms with E-state index in [9.17, 15) is 4.79 Å². The van der Waals surface area contributed by atoms with Gasteiger partial charge in [0.05, 0.1) is 7.11 Å². The van der Waals surface area contributed by atoms with Gasteiger partial charge >= 0.3 is 0 Å². The molecule has 1 amide bonds. The number of carbonyl (C=O) groups is 1. The van der Waals surface area contributed by atoms with Crippen LogP contribution in [0.25, 0.3) is 0 Å². The van der Waals surface area contributed by atoms with Gasteiger partial charge in [0.2, 0.25) is 5.88 Å². The fourth-order valence-corrected chi connectivity index (χ4v) is 1.83. The van der Waals surface area contributed by atoms with Crippen LogP contribution in [0.3, 0.4) is 0 Å². The van der Waals surface area contributed by atoms with Crippen LogP contribution in [0.15, 0.2) is 47.1 Å². The molecular weight excluding hydrogens is 296 g/mol. The highest BCUT2D eigenvalue weighted by Gasteiger charge is 2.06. The van der Waals surface area contributed by atoms with Crippen molar-refractivity contribution >= 4 is 27.5 Å². The van der Waals surface area contributed by atoms with Crippen LogP contribution in [0.4, 0.5) is 5.69 Å². The highest BCUT2D eigenvalue weighted by Crippen LogP contribution is 2.16. The summed E-state index contributed by atoms with van der Waals surface area (Å²) in [6, 6.07) is 10.6. The van der Waals surface area contributed by atoms with Gasteiger partial charge in [-0.2, -0.15) is 0 Å². The maximum atomic E-state index is 12.0. The standard InChI is InChI=1S/C13H11BrN2O2/c1-18-12-8-11(5-6-15-12)16-13(17)9-3-2-4-10(14)7-9/h2-8H,1H3,(H,15,16,17). The topological polar surface area (TPSA) is 51.2 Å². The molecular formula is C13H11BrN2O2. The van der Waals surface area contributed by atoms with Crippen LogP contribution in [-0.2, 0) is 0 Å². The number of rotatable bonds is 3. The lowest BCUT2D eigenvalue weighted by Crippen LogP contribution is -2.11. The number of methoxy groups -OCH3 is 1. The lowest BCUT2D eigenvalue weighted by molar-refractivity contribution is 0.102. The van der Waals surface area contributed by atoms with Crippen molar-refractivity contribution in [1.82, 2.24) is 4.98 Å². The normalized spacial score (nSPS) is 9.89. The minimum atomic E-state index is -0.176. The van der Waals surface area contributed by atoms with E-state index in [1.807, 2.05) is 12.1 Å². The molecule has 1 N–H and O–H groups in total. The molecule has 92 valence electrons. The van der Waals surface area contributed by atoms with E-state index in [1.54, 1.807) is 30.5 Å². The average Bonchev–Trinajstić information content (AvgIpc) is 2.39. The molecule has 4 nitrogen and oxygen atoms in total. The van der Waals surface area contributed by atoms with Gasteiger partial charge in [0.25, 0.3) is 5.91 Å². The number of carbonyl (C=O) groups excluding carboxylic acids is 1. The van der Waals surface area contributed by atoms with Crippen molar-refractivity contribution in [1.29, 1.82) is 0 Å². The minimum Gasteiger partial charge on any atom is -0.481 e. The molecule has 1 aromatic carbocycles. The average molecular weight is 307 g/mol. The van der Waals surface area contributed by atoms with Crippen LogP contribution in [0, 0.1) is 0 Å². The summed E-state index contributed by atoms with van der Waals surface area (Å²) in [5.41, 5.74) is 1.23. The van der Waals surface area contributed by atoms with Crippen molar-refractivity contribution in [2.45, 2.75) is 0 Å². The van der Waals surface area contributed by atoms with Crippen molar-refractivity contribution in [3.05, 3.63) is 52.6 Å². The number of ether oxygens (including phenoxy) is 1. The van der Waals surface area contributed by atoms with Gasteiger partial charge in [0.15, 0.2) is 0 Å². The molecule has 0 fully saturated rings. The Morgan fingerprint density at radius 1 is 1.33 bits per heavy atom. The number of nitrogens with one attached hydrogen (secondary N) is 1. The van der Waals surface area contributed by atoms with Crippen molar-refractivity contribution in [3.8, 4) is 5.88 Å². The van der Waals surface area contributed by atoms with Gasteiger partial charge in [-0.3, -0.25) is 4.79 Å². The molecule has 0 aliphatic carbocycles. The molecule has 0 unspecified atom stereocenters. The van der Waals surface area contributed by atoms with E-state index in [0.29, 0.717) is 17.1 Å². The lowest BCUT2D eigenvalue weighted by Gasteiger charge is -2.06.